The summed E-state index contributed by atoms with van der Waals surface area (Å²) in [6.45, 7) is 3.84. The van der Waals surface area contributed by atoms with Gasteiger partial charge in [0.25, 0.3) is 0 Å². The van der Waals surface area contributed by atoms with Gasteiger partial charge in [0, 0.05) is 5.57 Å². The zero-order valence-corrected chi connectivity index (χ0v) is 7.66. The molecule has 2 atom stereocenters. The second kappa shape index (κ2) is 3.36. The van der Waals surface area contributed by atoms with Crippen molar-refractivity contribution in [3.05, 3.63) is 24.3 Å². The number of carbonyl (C=O) groups excluding carboxylic acids is 1. The molecule has 0 heterocycles. The third kappa shape index (κ3) is 1.53. The molecule has 13 heavy (non-hydrogen) atoms. The molecular formula is C11H14O2. The fourth-order valence-corrected chi connectivity index (χ4v) is 2.29. The van der Waals surface area contributed by atoms with E-state index in [-0.39, 0.29) is 5.97 Å². The Hall–Kier alpha value is -1.05. The van der Waals surface area contributed by atoms with Gasteiger partial charge in [-0.1, -0.05) is 18.7 Å². The molecule has 0 aromatic rings. The normalized spacial score (nSPS) is 30.0. The van der Waals surface area contributed by atoms with Crippen molar-refractivity contribution in [2.45, 2.75) is 19.3 Å². The van der Waals surface area contributed by atoms with Crippen LogP contribution in [0, 0.1) is 11.8 Å². The lowest BCUT2D eigenvalue weighted by Gasteiger charge is -2.11. The Bertz CT molecular complexity index is 265. The van der Waals surface area contributed by atoms with Gasteiger partial charge >= 0.3 is 5.97 Å². The molecule has 1 fully saturated rings. The monoisotopic (exact) mass is 178 g/mol. The van der Waals surface area contributed by atoms with Crippen molar-refractivity contribution in [2.75, 3.05) is 6.61 Å². The van der Waals surface area contributed by atoms with Gasteiger partial charge in [0.1, 0.15) is 6.61 Å². The highest BCUT2D eigenvalue weighted by Gasteiger charge is 2.36. The number of ether oxygens (including phenoxy) is 1. The molecule has 2 aliphatic rings. The van der Waals surface area contributed by atoms with Crippen molar-refractivity contribution in [2.24, 2.45) is 11.8 Å². The summed E-state index contributed by atoms with van der Waals surface area (Å²) in [6, 6.07) is 0. The van der Waals surface area contributed by atoms with Crippen molar-refractivity contribution in [3.63, 3.8) is 0 Å². The van der Waals surface area contributed by atoms with Crippen molar-refractivity contribution < 1.29 is 9.53 Å². The Kier molecular flexibility index (Phi) is 2.21. The van der Waals surface area contributed by atoms with Crippen LogP contribution in [0.25, 0.3) is 0 Å². The highest BCUT2D eigenvalue weighted by atomic mass is 16.5. The molecular weight excluding hydrogens is 164 g/mol. The molecule has 0 spiro atoms. The summed E-state index contributed by atoms with van der Waals surface area (Å²) in [5.74, 6) is 1.01. The number of esters is 1. The van der Waals surface area contributed by atoms with Crippen LogP contribution in [-0.2, 0) is 9.53 Å². The molecule has 2 nitrogen and oxygen atoms in total. The number of hydrogen-bond donors (Lipinski definition) is 0. The summed E-state index contributed by atoms with van der Waals surface area (Å²) in [6.07, 6.45) is 7.28. The fourth-order valence-electron chi connectivity index (χ4n) is 2.29. The first-order valence-corrected chi connectivity index (χ1v) is 4.81. The predicted octanol–water partition coefficient (Wildman–Crippen LogP) is 2.07. The van der Waals surface area contributed by atoms with E-state index in [1.165, 1.54) is 19.3 Å². The van der Waals surface area contributed by atoms with Gasteiger partial charge in [-0.15, -0.1) is 0 Å². The first-order valence-electron chi connectivity index (χ1n) is 4.81. The van der Waals surface area contributed by atoms with Crippen molar-refractivity contribution in [1.29, 1.82) is 0 Å². The Morgan fingerprint density at radius 2 is 2.54 bits per heavy atom. The molecule has 1 saturated carbocycles. The first kappa shape index (κ1) is 8.54. The van der Waals surface area contributed by atoms with Gasteiger partial charge < -0.3 is 4.74 Å². The van der Waals surface area contributed by atoms with Crippen LogP contribution in [0.1, 0.15) is 19.3 Å². The van der Waals surface area contributed by atoms with Gasteiger partial charge in [-0.3, -0.25) is 0 Å². The molecule has 2 aliphatic carbocycles. The average molecular weight is 178 g/mol. The van der Waals surface area contributed by atoms with Crippen LogP contribution in [0.3, 0.4) is 0 Å². The fraction of sp³-hybridized carbons (Fsp3) is 0.545. The van der Waals surface area contributed by atoms with Crippen molar-refractivity contribution in [3.8, 4) is 0 Å². The lowest BCUT2D eigenvalue weighted by Crippen LogP contribution is -2.13. The topological polar surface area (TPSA) is 26.3 Å². The molecule has 2 heteroatoms. The van der Waals surface area contributed by atoms with E-state index in [9.17, 15) is 4.79 Å². The Morgan fingerprint density at radius 3 is 3.08 bits per heavy atom. The molecule has 2 bridgehead atoms. The molecule has 0 N–H and O–H groups in total. The van der Waals surface area contributed by atoms with Crippen LogP contribution in [0.5, 0.6) is 0 Å². The minimum Gasteiger partial charge on any atom is -0.458 e. The molecule has 0 amide bonds. The summed E-state index contributed by atoms with van der Waals surface area (Å²) >= 11 is 0. The SMILES string of the molecule is C=CCOC(=O)C1=CC2CCC1C2. The van der Waals surface area contributed by atoms with E-state index in [0.29, 0.717) is 18.4 Å². The number of fused-ring (bicyclic) bond motifs is 2. The van der Waals surface area contributed by atoms with Crippen LogP contribution in [0.4, 0.5) is 0 Å². The van der Waals surface area contributed by atoms with E-state index < -0.39 is 0 Å². The lowest BCUT2D eigenvalue weighted by molar-refractivity contribution is -0.138. The van der Waals surface area contributed by atoms with Gasteiger partial charge in [0.05, 0.1) is 0 Å². The molecule has 2 unspecified atom stereocenters. The Balaban J connectivity index is 1.97. The molecule has 0 aromatic heterocycles. The first-order chi connectivity index (χ1) is 6.31. The van der Waals surface area contributed by atoms with Gasteiger partial charge in [-0.05, 0) is 31.1 Å². The smallest absolute Gasteiger partial charge is 0.334 e. The quantitative estimate of drug-likeness (QED) is 0.488. The van der Waals surface area contributed by atoms with Gasteiger partial charge in [0.15, 0.2) is 0 Å². The molecule has 2 rings (SSSR count). The van der Waals surface area contributed by atoms with Crippen LogP contribution in [0.2, 0.25) is 0 Å². The number of allylic oxidation sites excluding steroid dienone is 1. The second-order valence-corrected chi connectivity index (χ2v) is 3.78. The maximum atomic E-state index is 11.5. The third-order valence-corrected chi connectivity index (χ3v) is 2.90. The number of rotatable bonds is 3. The highest BCUT2D eigenvalue weighted by Crippen LogP contribution is 2.43. The van der Waals surface area contributed by atoms with Crippen molar-refractivity contribution in [1.82, 2.24) is 0 Å². The van der Waals surface area contributed by atoms with Crippen molar-refractivity contribution >= 4 is 5.97 Å². The predicted molar refractivity (Wildman–Crippen MR) is 50.1 cm³/mol. The standard InChI is InChI=1S/C11H14O2/c1-2-5-13-11(12)10-7-8-3-4-9(10)6-8/h2,7-9H,1,3-6H2. The largest absolute Gasteiger partial charge is 0.458 e. The molecule has 0 saturated heterocycles. The van der Waals surface area contributed by atoms with E-state index in [4.69, 9.17) is 4.74 Å². The van der Waals surface area contributed by atoms with E-state index >= 15 is 0 Å². The van der Waals surface area contributed by atoms with Crippen LogP contribution >= 0.6 is 0 Å². The average Bonchev–Trinajstić information content (AvgIpc) is 2.74. The Labute approximate surface area is 78.3 Å². The summed E-state index contributed by atoms with van der Waals surface area (Å²) < 4.78 is 5.00. The second-order valence-electron chi connectivity index (χ2n) is 3.78. The maximum Gasteiger partial charge on any atom is 0.334 e. The molecule has 0 aliphatic heterocycles. The van der Waals surface area contributed by atoms with E-state index in [2.05, 4.69) is 12.7 Å². The summed E-state index contributed by atoms with van der Waals surface area (Å²) in [5, 5.41) is 0. The van der Waals surface area contributed by atoms with Crippen LogP contribution in [0.15, 0.2) is 24.3 Å². The van der Waals surface area contributed by atoms with Gasteiger partial charge in [0.2, 0.25) is 0 Å². The van der Waals surface area contributed by atoms with Gasteiger partial charge in [-0.2, -0.15) is 0 Å². The number of hydrogen-bond acceptors (Lipinski definition) is 2. The molecule has 70 valence electrons. The van der Waals surface area contributed by atoms with Crippen LogP contribution in [-0.4, -0.2) is 12.6 Å². The van der Waals surface area contributed by atoms with E-state index in [1.54, 1.807) is 6.08 Å². The Morgan fingerprint density at radius 1 is 1.69 bits per heavy atom. The van der Waals surface area contributed by atoms with E-state index in [1.807, 2.05) is 0 Å². The highest BCUT2D eigenvalue weighted by molar-refractivity contribution is 5.90. The van der Waals surface area contributed by atoms with E-state index in [0.717, 1.165) is 5.57 Å². The third-order valence-electron chi connectivity index (χ3n) is 2.90. The van der Waals surface area contributed by atoms with Gasteiger partial charge in [-0.25, -0.2) is 4.79 Å². The minimum atomic E-state index is -0.132. The molecule has 0 aromatic carbocycles. The summed E-state index contributed by atoms with van der Waals surface area (Å²) in [7, 11) is 0. The number of carbonyl (C=O) groups is 1. The minimum absolute atomic E-state index is 0.132. The van der Waals surface area contributed by atoms with Crippen LogP contribution < -0.4 is 0 Å². The molecule has 0 radical (unpaired) electrons. The summed E-state index contributed by atoms with van der Waals surface area (Å²) in [4.78, 5) is 11.5. The summed E-state index contributed by atoms with van der Waals surface area (Å²) in [5.41, 5.74) is 0.915. The lowest BCUT2D eigenvalue weighted by atomic mass is 9.99. The zero-order valence-electron chi connectivity index (χ0n) is 7.66. The maximum absolute atomic E-state index is 11.5. The zero-order chi connectivity index (χ0) is 9.26.